The molecule has 1 N–H and O–H groups in total. The Morgan fingerprint density at radius 1 is 1.13 bits per heavy atom. The van der Waals surface area contributed by atoms with Crippen molar-refractivity contribution < 1.29 is 9.72 Å². The molecular weight excluding hydrogens is 414 g/mol. The molecule has 9 heteroatoms. The first-order valence-corrected chi connectivity index (χ1v) is 10.2. The number of nitrogens with one attached hydrogen (secondary N) is 1. The van der Waals surface area contributed by atoms with Gasteiger partial charge in [-0.1, -0.05) is 35.6 Å². The molecule has 1 amide bonds. The minimum Gasteiger partial charge on any atom is -0.360 e. The highest BCUT2D eigenvalue weighted by molar-refractivity contribution is 7.22. The topological polar surface area (TPSA) is 105 Å². The van der Waals surface area contributed by atoms with Crippen LogP contribution in [0.25, 0.3) is 21.1 Å². The lowest BCUT2D eigenvalue weighted by Crippen LogP contribution is -2.30. The predicted molar refractivity (Wildman–Crippen MR) is 119 cm³/mol. The van der Waals surface area contributed by atoms with Crippen LogP contribution in [0.2, 0.25) is 0 Å². The standard InChI is InChI=1S/C22H15N5O3S/c28-21(17-12-24-18-7-2-1-6-16(17)18)26(13-14-5-3-4-10-23-14)22-25-19-9-8-15(27(29)30)11-20(19)31-22/h1-12,24H,13H2. The van der Waals surface area contributed by atoms with Crippen molar-refractivity contribution in [1.82, 2.24) is 15.0 Å². The zero-order valence-corrected chi connectivity index (χ0v) is 16.9. The van der Waals surface area contributed by atoms with E-state index in [9.17, 15) is 14.9 Å². The molecular formula is C22H15N5O3S. The number of benzene rings is 2. The zero-order valence-electron chi connectivity index (χ0n) is 16.1. The molecule has 0 aliphatic rings. The lowest BCUT2D eigenvalue weighted by molar-refractivity contribution is -0.384. The third kappa shape index (κ3) is 3.51. The Kier molecular flexibility index (Phi) is 4.64. The largest absolute Gasteiger partial charge is 0.360 e. The summed E-state index contributed by atoms with van der Waals surface area (Å²) in [7, 11) is 0. The van der Waals surface area contributed by atoms with Crippen molar-refractivity contribution in [1.29, 1.82) is 0 Å². The van der Waals surface area contributed by atoms with Crippen LogP contribution in [0.4, 0.5) is 10.8 Å². The number of amides is 1. The Morgan fingerprint density at radius 3 is 2.77 bits per heavy atom. The third-order valence-electron chi connectivity index (χ3n) is 4.91. The van der Waals surface area contributed by atoms with Crippen molar-refractivity contribution in [3.63, 3.8) is 0 Å². The number of aromatic nitrogens is 3. The SMILES string of the molecule is O=C(c1c[nH]c2ccccc12)N(Cc1ccccn1)c1nc2ccc([N+](=O)[O-])cc2s1. The monoisotopic (exact) mass is 429 g/mol. The lowest BCUT2D eigenvalue weighted by Gasteiger charge is -2.19. The molecule has 152 valence electrons. The van der Waals surface area contributed by atoms with Crippen molar-refractivity contribution in [2.24, 2.45) is 0 Å². The average molecular weight is 429 g/mol. The quantitative estimate of drug-likeness (QED) is 0.315. The first-order valence-electron chi connectivity index (χ1n) is 9.43. The van der Waals surface area contributed by atoms with Crippen molar-refractivity contribution in [2.75, 3.05) is 4.90 Å². The molecule has 3 heterocycles. The van der Waals surface area contributed by atoms with Gasteiger partial charge in [0.05, 0.1) is 32.9 Å². The van der Waals surface area contributed by atoms with Crippen LogP contribution in [0.1, 0.15) is 16.1 Å². The summed E-state index contributed by atoms with van der Waals surface area (Å²) in [5.74, 6) is -0.225. The number of rotatable bonds is 5. The van der Waals surface area contributed by atoms with Crippen molar-refractivity contribution in [2.45, 2.75) is 6.54 Å². The fraction of sp³-hybridized carbons (Fsp3) is 0.0455. The van der Waals surface area contributed by atoms with Gasteiger partial charge < -0.3 is 4.98 Å². The molecule has 0 fully saturated rings. The van der Waals surface area contributed by atoms with E-state index in [-0.39, 0.29) is 18.1 Å². The lowest BCUT2D eigenvalue weighted by atomic mass is 10.1. The minimum atomic E-state index is -0.443. The van der Waals surface area contributed by atoms with Gasteiger partial charge in [0, 0.05) is 35.4 Å². The number of para-hydroxylation sites is 1. The van der Waals surface area contributed by atoms with Crippen molar-refractivity contribution in [3.05, 3.63) is 94.4 Å². The molecule has 0 spiro atoms. The van der Waals surface area contributed by atoms with Gasteiger partial charge >= 0.3 is 0 Å². The number of non-ortho nitro benzene ring substituents is 1. The molecule has 0 unspecified atom stereocenters. The maximum absolute atomic E-state index is 13.6. The highest BCUT2D eigenvalue weighted by Crippen LogP contribution is 2.33. The molecule has 0 saturated carbocycles. The van der Waals surface area contributed by atoms with Crippen LogP contribution in [0.3, 0.4) is 0 Å². The van der Waals surface area contributed by atoms with Gasteiger partial charge in [-0.3, -0.25) is 24.8 Å². The maximum Gasteiger partial charge on any atom is 0.270 e. The normalized spacial score (nSPS) is 11.1. The van der Waals surface area contributed by atoms with Crippen molar-refractivity contribution in [3.8, 4) is 0 Å². The van der Waals surface area contributed by atoms with Gasteiger partial charge in [-0.25, -0.2) is 4.98 Å². The third-order valence-corrected chi connectivity index (χ3v) is 5.95. The number of thiazole rings is 1. The number of anilines is 1. The molecule has 5 aromatic rings. The van der Waals surface area contributed by atoms with E-state index in [1.807, 2.05) is 42.5 Å². The molecule has 0 aliphatic heterocycles. The van der Waals surface area contributed by atoms with Gasteiger partial charge in [0.2, 0.25) is 0 Å². The number of nitrogens with zero attached hydrogens (tertiary/aromatic N) is 4. The zero-order chi connectivity index (χ0) is 21.4. The van der Waals surface area contributed by atoms with Crippen LogP contribution in [0.5, 0.6) is 0 Å². The van der Waals surface area contributed by atoms with Gasteiger partial charge in [0.15, 0.2) is 5.13 Å². The van der Waals surface area contributed by atoms with Crippen LogP contribution < -0.4 is 4.90 Å². The number of carbonyl (C=O) groups excluding carboxylic acids is 1. The van der Waals surface area contributed by atoms with E-state index >= 15 is 0 Å². The van der Waals surface area contributed by atoms with E-state index < -0.39 is 4.92 Å². The van der Waals surface area contributed by atoms with Crippen LogP contribution in [0.15, 0.2) is 73.1 Å². The summed E-state index contributed by atoms with van der Waals surface area (Å²) in [6, 6.07) is 17.6. The highest BCUT2D eigenvalue weighted by atomic mass is 32.1. The number of carbonyl (C=O) groups is 1. The number of pyridine rings is 1. The molecule has 8 nitrogen and oxygen atoms in total. The molecule has 0 atom stereocenters. The van der Waals surface area contributed by atoms with Crippen molar-refractivity contribution >= 4 is 49.2 Å². The number of aromatic amines is 1. The second-order valence-electron chi connectivity index (χ2n) is 6.87. The summed E-state index contributed by atoms with van der Waals surface area (Å²) in [5.41, 5.74) is 2.69. The first-order chi connectivity index (χ1) is 15.1. The van der Waals surface area contributed by atoms with Gasteiger partial charge in [-0.2, -0.15) is 0 Å². The summed E-state index contributed by atoms with van der Waals surface area (Å²) in [5, 5.41) is 12.4. The Balaban J connectivity index is 1.61. The van der Waals surface area contributed by atoms with Crippen LogP contribution in [-0.4, -0.2) is 25.8 Å². The van der Waals surface area contributed by atoms with E-state index in [0.717, 1.165) is 10.9 Å². The number of hydrogen-bond acceptors (Lipinski definition) is 6. The van der Waals surface area contributed by atoms with Crippen LogP contribution in [0, 0.1) is 10.1 Å². The van der Waals surface area contributed by atoms with E-state index in [1.165, 1.54) is 23.5 Å². The van der Waals surface area contributed by atoms with E-state index in [2.05, 4.69) is 15.0 Å². The van der Waals surface area contributed by atoms with E-state index in [4.69, 9.17) is 0 Å². The fourth-order valence-corrected chi connectivity index (χ4v) is 4.40. The molecule has 0 aliphatic carbocycles. The molecule has 0 saturated heterocycles. The molecule has 0 bridgehead atoms. The number of hydrogen-bond donors (Lipinski definition) is 1. The van der Waals surface area contributed by atoms with E-state index in [0.29, 0.717) is 26.6 Å². The van der Waals surface area contributed by atoms with Crippen LogP contribution in [-0.2, 0) is 6.54 Å². The number of nitro groups is 1. The Bertz CT molecular complexity index is 1430. The fourth-order valence-electron chi connectivity index (χ4n) is 3.40. The second-order valence-corrected chi connectivity index (χ2v) is 7.87. The minimum absolute atomic E-state index is 0.0121. The number of H-pyrrole nitrogens is 1. The van der Waals surface area contributed by atoms with Gasteiger partial charge in [0.1, 0.15) is 0 Å². The Morgan fingerprint density at radius 2 is 1.97 bits per heavy atom. The summed E-state index contributed by atoms with van der Waals surface area (Å²) >= 11 is 1.24. The maximum atomic E-state index is 13.6. The summed E-state index contributed by atoms with van der Waals surface area (Å²) in [4.78, 5) is 37.9. The van der Waals surface area contributed by atoms with Gasteiger partial charge in [-0.15, -0.1) is 0 Å². The predicted octanol–water partition coefficient (Wildman–Crippen LogP) is 4.93. The average Bonchev–Trinajstić information content (AvgIpc) is 3.41. The first kappa shape index (κ1) is 18.9. The second kappa shape index (κ2) is 7.62. The smallest absolute Gasteiger partial charge is 0.270 e. The number of nitro benzene ring substituents is 1. The molecule has 0 radical (unpaired) electrons. The molecule has 3 aromatic heterocycles. The van der Waals surface area contributed by atoms with E-state index in [1.54, 1.807) is 23.4 Å². The molecule has 2 aromatic carbocycles. The molecule has 5 rings (SSSR count). The Labute approximate surface area is 180 Å². The van der Waals surface area contributed by atoms with Gasteiger partial charge in [0.25, 0.3) is 11.6 Å². The summed E-state index contributed by atoms with van der Waals surface area (Å²) in [6.45, 7) is 0.223. The highest BCUT2D eigenvalue weighted by Gasteiger charge is 2.25. The van der Waals surface area contributed by atoms with Crippen LogP contribution >= 0.6 is 11.3 Å². The Hall–Kier alpha value is -4.11. The van der Waals surface area contributed by atoms with Gasteiger partial charge in [-0.05, 0) is 24.3 Å². The number of fused-ring (bicyclic) bond motifs is 2. The summed E-state index contributed by atoms with van der Waals surface area (Å²) < 4.78 is 0.641. The molecule has 31 heavy (non-hydrogen) atoms. The summed E-state index contributed by atoms with van der Waals surface area (Å²) in [6.07, 6.45) is 3.36.